The summed E-state index contributed by atoms with van der Waals surface area (Å²) in [6, 6.07) is 8.64. The van der Waals surface area contributed by atoms with Gasteiger partial charge in [-0.1, -0.05) is 12.1 Å². The molecule has 1 aliphatic heterocycles. The quantitative estimate of drug-likeness (QED) is 0.791. The predicted octanol–water partition coefficient (Wildman–Crippen LogP) is 1.78. The van der Waals surface area contributed by atoms with Crippen LogP contribution in [0.5, 0.6) is 0 Å². The van der Waals surface area contributed by atoms with Crippen LogP contribution >= 0.6 is 0 Å². The lowest BCUT2D eigenvalue weighted by Gasteiger charge is -2.36. The number of anilines is 1. The van der Waals surface area contributed by atoms with Crippen LogP contribution in [0.2, 0.25) is 0 Å². The van der Waals surface area contributed by atoms with Crippen molar-refractivity contribution in [3.8, 4) is 0 Å². The van der Waals surface area contributed by atoms with E-state index in [9.17, 15) is 9.90 Å². The maximum absolute atomic E-state index is 12.3. The molecule has 1 saturated carbocycles. The van der Waals surface area contributed by atoms with Crippen molar-refractivity contribution in [1.29, 1.82) is 0 Å². The highest BCUT2D eigenvalue weighted by molar-refractivity contribution is 5.77. The Morgan fingerprint density at radius 1 is 1.28 bits per heavy atom. The van der Waals surface area contributed by atoms with Crippen LogP contribution in [0.15, 0.2) is 24.3 Å². The van der Waals surface area contributed by atoms with Crippen molar-refractivity contribution in [2.75, 3.05) is 44.2 Å². The molecular weight excluding hydrogens is 314 g/mol. The number of amides is 1. The molecule has 1 heterocycles. The molecule has 138 valence electrons. The molecule has 0 spiro atoms. The number of hydrogen-bond acceptors (Lipinski definition) is 4. The highest BCUT2D eigenvalue weighted by atomic mass is 16.3. The third-order valence-electron chi connectivity index (χ3n) is 5.63. The summed E-state index contributed by atoms with van der Waals surface area (Å²) in [6.07, 6.45) is 2.73. The lowest BCUT2D eigenvalue weighted by atomic mass is 9.97. The topological polar surface area (TPSA) is 55.8 Å². The average Bonchev–Trinajstić information content (AvgIpc) is 3.46. The third-order valence-corrected chi connectivity index (χ3v) is 5.63. The number of hydrogen-bond donors (Lipinski definition) is 2. The lowest BCUT2D eigenvalue weighted by Crippen LogP contribution is -2.52. The Morgan fingerprint density at radius 3 is 2.60 bits per heavy atom. The van der Waals surface area contributed by atoms with Crippen LogP contribution < -0.4 is 10.2 Å². The molecule has 5 nitrogen and oxygen atoms in total. The molecule has 1 aliphatic carbocycles. The van der Waals surface area contributed by atoms with Gasteiger partial charge >= 0.3 is 0 Å². The number of rotatable bonds is 7. The molecule has 0 bridgehead atoms. The van der Waals surface area contributed by atoms with E-state index in [4.69, 9.17) is 0 Å². The summed E-state index contributed by atoms with van der Waals surface area (Å²) >= 11 is 0. The molecule has 2 fully saturated rings. The Labute approximate surface area is 151 Å². The van der Waals surface area contributed by atoms with Crippen molar-refractivity contribution in [1.82, 2.24) is 10.2 Å². The summed E-state index contributed by atoms with van der Waals surface area (Å²) in [5, 5.41) is 12.6. The normalized spacial score (nSPS) is 21.0. The van der Waals surface area contributed by atoms with Gasteiger partial charge < -0.3 is 15.3 Å². The van der Waals surface area contributed by atoms with Crippen LogP contribution in [-0.2, 0) is 4.79 Å². The molecule has 3 rings (SSSR count). The van der Waals surface area contributed by atoms with Crippen molar-refractivity contribution in [2.24, 2.45) is 5.92 Å². The van der Waals surface area contributed by atoms with E-state index in [1.165, 1.54) is 11.3 Å². The molecule has 1 aromatic carbocycles. The fraction of sp³-hybridized carbons (Fsp3) is 0.650. The summed E-state index contributed by atoms with van der Waals surface area (Å²) in [4.78, 5) is 17.0. The van der Waals surface area contributed by atoms with Gasteiger partial charge in [0.1, 0.15) is 0 Å². The van der Waals surface area contributed by atoms with Gasteiger partial charge in [0.25, 0.3) is 0 Å². The van der Waals surface area contributed by atoms with Gasteiger partial charge in [0.05, 0.1) is 12.1 Å². The van der Waals surface area contributed by atoms with Crippen LogP contribution in [0, 0.1) is 12.8 Å². The second kappa shape index (κ2) is 7.75. The largest absolute Gasteiger partial charge is 0.394 e. The number of carbonyl (C=O) groups is 1. The first-order chi connectivity index (χ1) is 12.0. The minimum absolute atomic E-state index is 0.0264. The predicted molar refractivity (Wildman–Crippen MR) is 101 cm³/mol. The minimum atomic E-state index is -0.430. The average molecular weight is 345 g/mol. The van der Waals surface area contributed by atoms with Crippen LogP contribution in [0.3, 0.4) is 0 Å². The van der Waals surface area contributed by atoms with Gasteiger partial charge in [0.2, 0.25) is 5.91 Å². The zero-order chi connectivity index (χ0) is 17.9. The molecule has 25 heavy (non-hydrogen) atoms. The van der Waals surface area contributed by atoms with Gasteiger partial charge in [0.15, 0.2) is 0 Å². The molecule has 1 aromatic rings. The van der Waals surface area contributed by atoms with E-state index in [0.717, 1.165) is 45.6 Å². The van der Waals surface area contributed by atoms with Crippen molar-refractivity contribution < 1.29 is 9.90 Å². The Morgan fingerprint density at radius 2 is 2.00 bits per heavy atom. The van der Waals surface area contributed by atoms with Crippen molar-refractivity contribution in [3.63, 3.8) is 0 Å². The van der Waals surface area contributed by atoms with Gasteiger partial charge in [-0.25, -0.2) is 0 Å². The van der Waals surface area contributed by atoms with Gasteiger partial charge in [-0.05, 0) is 50.3 Å². The van der Waals surface area contributed by atoms with E-state index >= 15 is 0 Å². The number of nitrogens with zero attached hydrogens (tertiary/aromatic N) is 2. The fourth-order valence-electron chi connectivity index (χ4n) is 3.69. The molecule has 2 aliphatic rings. The van der Waals surface area contributed by atoms with Gasteiger partial charge in [-0.3, -0.25) is 9.69 Å². The van der Waals surface area contributed by atoms with Crippen molar-refractivity contribution in [3.05, 3.63) is 29.8 Å². The third kappa shape index (κ3) is 4.73. The summed E-state index contributed by atoms with van der Waals surface area (Å²) in [6.45, 7) is 8.88. The molecule has 1 unspecified atom stereocenters. The second-order valence-electron chi connectivity index (χ2n) is 7.82. The van der Waals surface area contributed by atoms with E-state index in [1.54, 1.807) is 0 Å². The monoisotopic (exact) mass is 345 g/mol. The highest BCUT2D eigenvalue weighted by Gasteiger charge is 2.42. The lowest BCUT2D eigenvalue weighted by molar-refractivity contribution is -0.124. The molecule has 0 radical (unpaired) electrons. The number of benzene rings is 1. The molecule has 1 amide bonds. The van der Waals surface area contributed by atoms with Gasteiger partial charge in [0, 0.05) is 44.8 Å². The van der Waals surface area contributed by atoms with Gasteiger partial charge in [-0.2, -0.15) is 0 Å². The second-order valence-corrected chi connectivity index (χ2v) is 7.82. The number of piperazine rings is 1. The fourth-order valence-corrected chi connectivity index (χ4v) is 3.69. The molecule has 5 heteroatoms. The number of nitrogens with one attached hydrogen (secondary N) is 1. The number of aliphatic hydroxyl groups is 1. The van der Waals surface area contributed by atoms with Crippen LogP contribution in [0.1, 0.15) is 31.7 Å². The summed E-state index contributed by atoms with van der Waals surface area (Å²) in [5.74, 6) is 0.504. The molecule has 1 saturated heterocycles. The highest BCUT2D eigenvalue weighted by Crippen LogP contribution is 2.39. The Kier molecular flexibility index (Phi) is 5.64. The maximum atomic E-state index is 12.3. The standard InChI is InChI=1S/C20H31N3O2/c1-16-4-3-5-18(14-16)23-12-10-22(11-13-23)9-8-19(25)21-20(2,15-24)17-6-7-17/h3-5,14,17,24H,6-13,15H2,1-2H3,(H,21,25). The van der Waals surface area contributed by atoms with Crippen LogP contribution in [-0.4, -0.2) is 60.8 Å². The minimum Gasteiger partial charge on any atom is -0.394 e. The zero-order valence-corrected chi connectivity index (χ0v) is 15.5. The molecule has 2 N–H and O–H groups in total. The maximum Gasteiger partial charge on any atom is 0.221 e. The molecule has 1 atom stereocenters. The van der Waals surface area contributed by atoms with E-state index in [1.807, 2.05) is 6.92 Å². The van der Waals surface area contributed by atoms with Crippen molar-refractivity contribution in [2.45, 2.75) is 38.6 Å². The summed E-state index contributed by atoms with van der Waals surface area (Å²) in [5.41, 5.74) is 2.15. The zero-order valence-electron chi connectivity index (χ0n) is 15.5. The summed E-state index contributed by atoms with van der Waals surface area (Å²) in [7, 11) is 0. The van der Waals surface area contributed by atoms with E-state index in [2.05, 4.69) is 46.3 Å². The molecular formula is C20H31N3O2. The van der Waals surface area contributed by atoms with Crippen LogP contribution in [0.4, 0.5) is 5.69 Å². The smallest absolute Gasteiger partial charge is 0.221 e. The van der Waals surface area contributed by atoms with E-state index in [-0.39, 0.29) is 12.5 Å². The first-order valence-corrected chi connectivity index (χ1v) is 9.46. The van der Waals surface area contributed by atoms with Gasteiger partial charge in [-0.15, -0.1) is 0 Å². The number of carbonyl (C=O) groups excluding carboxylic acids is 1. The SMILES string of the molecule is Cc1cccc(N2CCN(CCC(=O)NC(C)(CO)C3CC3)CC2)c1. The number of aryl methyl sites for hydroxylation is 1. The Hall–Kier alpha value is -1.59. The van der Waals surface area contributed by atoms with E-state index in [0.29, 0.717) is 12.3 Å². The first kappa shape index (κ1) is 18.2. The van der Waals surface area contributed by atoms with Crippen molar-refractivity contribution >= 4 is 11.6 Å². The number of aliphatic hydroxyl groups excluding tert-OH is 1. The first-order valence-electron chi connectivity index (χ1n) is 9.46. The Bertz CT molecular complexity index is 594. The van der Waals surface area contributed by atoms with Crippen LogP contribution in [0.25, 0.3) is 0 Å². The Balaban J connectivity index is 1.41. The summed E-state index contributed by atoms with van der Waals surface area (Å²) < 4.78 is 0. The van der Waals surface area contributed by atoms with E-state index < -0.39 is 5.54 Å². The molecule has 0 aromatic heterocycles.